The lowest BCUT2D eigenvalue weighted by Gasteiger charge is -2.06. The van der Waals surface area contributed by atoms with E-state index in [0.717, 1.165) is 0 Å². The van der Waals surface area contributed by atoms with Crippen molar-refractivity contribution in [3.8, 4) is 11.5 Å². The highest BCUT2D eigenvalue weighted by atomic mass is 16.4. The molecule has 3 aromatic rings. The molecule has 0 bridgehead atoms. The van der Waals surface area contributed by atoms with E-state index in [2.05, 4.69) is 15.5 Å². The summed E-state index contributed by atoms with van der Waals surface area (Å²) in [5.41, 5.74) is 1.94. The van der Waals surface area contributed by atoms with Gasteiger partial charge in [-0.05, 0) is 18.2 Å². The van der Waals surface area contributed by atoms with E-state index in [0.29, 0.717) is 22.7 Å². The van der Waals surface area contributed by atoms with E-state index >= 15 is 0 Å². The van der Waals surface area contributed by atoms with Gasteiger partial charge in [-0.2, -0.15) is 0 Å². The molecule has 1 N–H and O–H groups in total. The van der Waals surface area contributed by atoms with Crippen molar-refractivity contribution in [2.45, 2.75) is 12.8 Å². The monoisotopic (exact) mass is 321 g/mol. The molecule has 0 unspecified atom stereocenters. The van der Waals surface area contributed by atoms with Crippen LogP contribution in [0.4, 0.5) is 5.69 Å². The first-order valence-corrected chi connectivity index (χ1v) is 7.47. The zero-order valence-electron chi connectivity index (χ0n) is 12.8. The van der Waals surface area contributed by atoms with Crippen molar-refractivity contribution in [3.05, 3.63) is 66.6 Å². The Morgan fingerprint density at radius 1 is 1.00 bits per heavy atom. The number of Topliss-reactive ketones (excluding diaryl/α,β-unsaturated/α-hetero) is 1. The number of nitrogens with zero attached hydrogens (tertiary/aromatic N) is 2. The summed E-state index contributed by atoms with van der Waals surface area (Å²) in [7, 11) is 0. The molecule has 0 spiro atoms. The SMILES string of the molecule is O=C(CCC(=O)c1ccccc1)Nc1cccc(-c2nnco2)c1. The standard InChI is InChI=1S/C18H15N3O3/c22-16(13-5-2-1-3-6-13)9-10-17(23)20-15-8-4-7-14(11-15)18-21-19-12-24-18/h1-8,11-12H,9-10H2,(H,20,23). The van der Waals surface area contributed by atoms with E-state index in [1.165, 1.54) is 6.39 Å². The third kappa shape index (κ3) is 3.92. The predicted molar refractivity (Wildman–Crippen MR) is 88.4 cm³/mol. The molecule has 2 aromatic carbocycles. The molecule has 0 aliphatic carbocycles. The maximum absolute atomic E-state index is 12.0. The van der Waals surface area contributed by atoms with E-state index in [-0.39, 0.29) is 24.5 Å². The smallest absolute Gasteiger partial charge is 0.247 e. The van der Waals surface area contributed by atoms with E-state index in [1.807, 2.05) is 12.1 Å². The maximum atomic E-state index is 12.0. The van der Waals surface area contributed by atoms with Crippen LogP contribution in [-0.2, 0) is 4.79 Å². The lowest BCUT2D eigenvalue weighted by molar-refractivity contribution is -0.116. The van der Waals surface area contributed by atoms with Gasteiger partial charge in [0.2, 0.25) is 18.2 Å². The van der Waals surface area contributed by atoms with Gasteiger partial charge in [-0.15, -0.1) is 10.2 Å². The lowest BCUT2D eigenvalue weighted by Crippen LogP contribution is -2.13. The van der Waals surface area contributed by atoms with Crippen LogP contribution in [-0.4, -0.2) is 21.9 Å². The van der Waals surface area contributed by atoms with Crippen LogP contribution >= 0.6 is 0 Å². The molecule has 0 atom stereocenters. The molecule has 1 amide bonds. The second kappa shape index (κ2) is 7.32. The number of ketones is 1. The van der Waals surface area contributed by atoms with Crippen LogP contribution in [0.2, 0.25) is 0 Å². The van der Waals surface area contributed by atoms with Gasteiger partial charge in [0.15, 0.2) is 5.78 Å². The molecule has 120 valence electrons. The van der Waals surface area contributed by atoms with Gasteiger partial charge in [0.1, 0.15) is 0 Å². The minimum Gasteiger partial charge on any atom is -0.423 e. The maximum Gasteiger partial charge on any atom is 0.247 e. The van der Waals surface area contributed by atoms with Crippen molar-refractivity contribution in [3.63, 3.8) is 0 Å². The van der Waals surface area contributed by atoms with Crippen LogP contribution < -0.4 is 5.32 Å². The topological polar surface area (TPSA) is 85.1 Å². The summed E-state index contributed by atoms with van der Waals surface area (Å²) in [6.45, 7) is 0. The normalized spacial score (nSPS) is 10.3. The first-order valence-electron chi connectivity index (χ1n) is 7.47. The second-order valence-corrected chi connectivity index (χ2v) is 5.16. The highest BCUT2D eigenvalue weighted by Crippen LogP contribution is 2.20. The van der Waals surface area contributed by atoms with Gasteiger partial charge in [0.25, 0.3) is 0 Å². The molecule has 24 heavy (non-hydrogen) atoms. The number of rotatable bonds is 6. The fourth-order valence-corrected chi connectivity index (χ4v) is 2.25. The predicted octanol–water partition coefficient (Wildman–Crippen LogP) is 3.34. The Bertz CT molecular complexity index is 830. The van der Waals surface area contributed by atoms with E-state index in [4.69, 9.17) is 4.42 Å². The fourth-order valence-electron chi connectivity index (χ4n) is 2.25. The molecule has 6 heteroatoms. The highest BCUT2D eigenvalue weighted by molar-refractivity contribution is 6.00. The molecule has 0 aliphatic heterocycles. The Hall–Kier alpha value is -3.28. The van der Waals surface area contributed by atoms with Crippen molar-refractivity contribution < 1.29 is 14.0 Å². The van der Waals surface area contributed by atoms with Crippen LogP contribution in [0, 0.1) is 0 Å². The molecule has 0 fully saturated rings. The number of aromatic nitrogens is 2. The molecule has 0 aliphatic rings. The average molecular weight is 321 g/mol. The number of nitrogens with one attached hydrogen (secondary N) is 1. The molecule has 6 nitrogen and oxygen atoms in total. The third-order valence-electron chi connectivity index (χ3n) is 3.43. The first-order chi connectivity index (χ1) is 11.7. The summed E-state index contributed by atoms with van der Waals surface area (Å²) >= 11 is 0. The Labute approximate surface area is 138 Å². The number of amides is 1. The number of hydrogen-bond donors (Lipinski definition) is 1. The van der Waals surface area contributed by atoms with Crippen molar-refractivity contribution >= 4 is 17.4 Å². The summed E-state index contributed by atoms with van der Waals surface area (Å²) in [4.78, 5) is 24.0. The van der Waals surface area contributed by atoms with Crippen LogP contribution in [0.25, 0.3) is 11.5 Å². The van der Waals surface area contributed by atoms with Gasteiger partial charge in [0.05, 0.1) is 0 Å². The average Bonchev–Trinajstić information content (AvgIpc) is 3.15. The van der Waals surface area contributed by atoms with E-state index in [9.17, 15) is 9.59 Å². The molecule has 3 rings (SSSR count). The van der Waals surface area contributed by atoms with Crippen molar-refractivity contribution in [1.29, 1.82) is 0 Å². The number of benzene rings is 2. The van der Waals surface area contributed by atoms with Gasteiger partial charge in [-0.1, -0.05) is 36.4 Å². The summed E-state index contributed by atoms with van der Waals surface area (Å²) in [6, 6.07) is 16.0. The zero-order valence-corrected chi connectivity index (χ0v) is 12.8. The third-order valence-corrected chi connectivity index (χ3v) is 3.43. The Kier molecular flexibility index (Phi) is 4.76. The largest absolute Gasteiger partial charge is 0.423 e. The Morgan fingerprint density at radius 2 is 1.83 bits per heavy atom. The molecule has 0 saturated heterocycles. The summed E-state index contributed by atoms with van der Waals surface area (Å²) < 4.78 is 5.13. The van der Waals surface area contributed by atoms with Gasteiger partial charge < -0.3 is 9.73 Å². The molecule has 0 saturated carbocycles. The Morgan fingerprint density at radius 3 is 2.58 bits per heavy atom. The summed E-state index contributed by atoms with van der Waals surface area (Å²) in [6.07, 6.45) is 1.54. The number of anilines is 1. The molecular formula is C18H15N3O3. The minimum absolute atomic E-state index is 0.0506. The van der Waals surface area contributed by atoms with Crippen LogP contribution in [0.15, 0.2) is 65.4 Å². The molecular weight excluding hydrogens is 306 g/mol. The fraction of sp³-hybridized carbons (Fsp3) is 0.111. The van der Waals surface area contributed by atoms with E-state index in [1.54, 1.807) is 42.5 Å². The molecule has 1 aromatic heterocycles. The number of carbonyl (C=O) groups excluding carboxylic acids is 2. The summed E-state index contributed by atoms with van der Waals surface area (Å²) in [5, 5.41) is 10.2. The quantitative estimate of drug-likeness (QED) is 0.704. The first kappa shape index (κ1) is 15.6. The van der Waals surface area contributed by atoms with Crippen molar-refractivity contribution in [2.75, 3.05) is 5.32 Å². The van der Waals surface area contributed by atoms with Gasteiger partial charge in [-0.3, -0.25) is 9.59 Å². The Balaban J connectivity index is 1.57. The van der Waals surface area contributed by atoms with Gasteiger partial charge >= 0.3 is 0 Å². The molecule has 0 radical (unpaired) electrons. The van der Waals surface area contributed by atoms with Gasteiger partial charge in [-0.25, -0.2) is 0 Å². The molecule has 1 heterocycles. The number of hydrogen-bond acceptors (Lipinski definition) is 5. The van der Waals surface area contributed by atoms with Gasteiger partial charge in [0, 0.05) is 29.7 Å². The highest BCUT2D eigenvalue weighted by Gasteiger charge is 2.10. The van der Waals surface area contributed by atoms with Crippen molar-refractivity contribution in [2.24, 2.45) is 0 Å². The van der Waals surface area contributed by atoms with Crippen LogP contribution in [0.3, 0.4) is 0 Å². The number of carbonyl (C=O) groups is 2. The second-order valence-electron chi connectivity index (χ2n) is 5.16. The van der Waals surface area contributed by atoms with Crippen LogP contribution in [0.1, 0.15) is 23.2 Å². The minimum atomic E-state index is -0.220. The summed E-state index contributed by atoms with van der Waals surface area (Å²) in [5.74, 6) is 0.109. The zero-order chi connectivity index (χ0) is 16.8. The lowest BCUT2D eigenvalue weighted by atomic mass is 10.1. The van der Waals surface area contributed by atoms with Crippen molar-refractivity contribution in [1.82, 2.24) is 10.2 Å². The van der Waals surface area contributed by atoms with E-state index < -0.39 is 0 Å². The van der Waals surface area contributed by atoms with Crippen LogP contribution in [0.5, 0.6) is 0 Å².